The third kappa shape index (κ3) is 4.25. The first-order chi connectivity index (χ1) is 15.2. The van der Waals surface area contributed by atoms with Crippen LogP contribution in [0.1, 0.15) is 106 Å². The maximum atomic E-state index is 11.8. The summed E-state index contributed by atoms with van der Waals surface area (Å²) < 4.78 is 5.76. The summed E-state index contributed by atoms with van der Waals surface area (Å²) in [4.78, 5) is 11.8. The molecule has 32 heavy (non-hydrogen) atoms. The zero-order valence-electron chi connectivity index (χ0n) is 21.7. The van der Waals surface area contributed by atoms with Gasteiger partial charge in [-0.15, -0.1) is 0 Å². The number of carbonyl (C=O) groups excluding carboxylic acids is 1. The molecule has 0 amide bonds. The van der Waals surface area contributed by atoms with Crippen LogP contribution in [0.4, 0.5) is 0 Å². The number of fused-ring (bicyclic) bond motifs is 5. The third-order valence-corrected chi connectivity index (χ3v) is 10.4. The predicted octanol–water partition coefficient (Wildman–Crippen LogP) is 8.13. The van der Waals surface area contributed by atoms with Crippen molar-refractivity contribution in [3.8, 4) is 0 Å². The van der Waals surface area contributed by atoms with E-state index in [9.17, 15) is 4.79 Å². The Morgan fingerprint density at radius 3 is 2.62 bits per heavy atom. The monoisotopic (exact) mass is 440 g/mol. The molecule has 4 aliphatic rings. The second kappa shape index (κ2) is 9.30. The lowest BCUT2D eigenvalue weighted by molar-refractivity contribution is -0.151. The van der Waals surface area contributed by atoms with E-state index < -0.39 is 0 Å². The first-order valence-corrected chi connectivity index (χ1v) is 13.7. The van der Waals surface area contributed by atoms with Crippen LogP contribution in [0.25, 0.3) is 0 Å². The molecule has 2 heteroatoms. The first-order valence-electron chi connectivity index (χ1n) is 13.7. The van der Waals surface area contributed by atoms with Gasteiger partial charge < -0.3 is 4.74 Å². The summed E-state index contributed by atoms with van der Waals surface area (Å²) in [6.07, 6.45) is 19.5. The molecule has 0 aromatic heterocycles. The summed E-state index contributed by atoms with van der Waals surface area (Å²) in [5.74, 6) is 4.84. The molecule has 3 fully saturated rings. The second-order valence-corrected chi connectivity index (χ2v) is 12.6. The van der Waals surface area contributed by atoms with E-state index in [0.29, 0.717) is 23.2 Å². The molecule has 0 unspecified atom stereocenters. The molecule has 4 rings (SSSR count). The smallest absolute Gasteiger partial charge is 0.305 e. The fraction of sp³-hybridized carbons (Fsp3) is 0.833. The summed E-state index contributed by atoms with van der Waals surface area (Å²) in [5.41, 5.74) is 2.46. The molecule has 0 radical (unpaired) electrons. The van der Waals surface area contributed by atoms with Gasteiger partial charge in [0, 0.05) is 12.8 Å². The van der Waals surface area contributed by atoms with Gasteiger partial charge in [0.05, 0.1) is 0 Å². The van der Waals surface area contributed by atoms with Crippen molar-refractivity contribution in [3.63, 3.8) is 0 Å². The molecule has 2 nitrogen and oxygen atoms in total. The van der Waals surface area contributed by atoms with Crippen molar-refractivity contribution in [2.75, 3.05) is 0 Å². The number of esters is 1. The zero-order chi connectivity index (χ0) is 23.1. The highest BCUT2D eigenvalue weighted by molar-refractivity contribution is 5.69. The van der Waals surface area contributed by atoms with Crippen LogP contribution in [-0.2, 0) is 9.53 Å². The normalized spacial score (nSPS) is 42.2. The second-order valence-electron chi connectivity index (χ2n) is 12.6. The summed E-state index contributed by atoms with van der Waals surface area (Å²) in [6.45, 7) is 14.2. The Labute approximate surface area is 197 Å². The molecule has 0 aromatic carbocycles. The standard InChI is InChI=1S/C30H48O2/c1-7-28(31)32-23-15-17-29(5)22(19-23)11-12-24-26-14-13-25(21(4)10-8-9-20(2)3)30(26,6)18-16-27(24)29/h8,10-11,20-21,23-27H,7,9,12-19H2,1-6H3/b10-8-/t21-,23-,24+,25-,26+,27+,29+,30-/m1/s1. The molecule has 0 N–H and O–H groups in total. The molecule has 0 bridgehead atoms. The number of ether oxygens (including phenoxy) is 1. The molecule has 180 valence electrons. The number of rotatable bonds is 6. The Balaban J connectivity index is 1.48. The number of carbonyl (C=O) groups is 1. The molecular formula is C30H48O2. The summed E-state index contributed by atoms with van der Waals surface area (Å²) in [7, 11) is 0. The van der Waals surface area contributed by atoms with Gasteiger partial charge in [-0.2, -0.15) is 0 Å². The van der Waals surface area contributed by atoms with Crippen LogP contribution in [0, 0.1) is 46.3 Å². The van der Waals surface area contributed by atoms with Gasteiger partial charge >= 0.3 is 5.97 Å². The van der Waals surface area contributed by atoms with E-state index in [1.807, 2.05) is 6.92 Å². The average molecular weight is 441 g/mol. The lowest BCUT2D eigenvalue weighted by atomic mass is 9.47. The Hall–Kier alpha value is -1.05. The fourth-order valence-electron chi connectivity index (χ4n) is 8.60. The molecule has 0 heterocycles. The summed E-state index contributed by atoms with van der Waals surface area (Å²) in [6, 6.07) is 0. The average Bonchev–Trinajstić information content (AvgIpc) is 3.11. The van der Waals surface area contributed by atoms with Gasteiger partial charge in [-0.05, 0) is 97.7 Å². The van der Waals surface area contributed by atoms with E-state index >= 15 is 0 Å². The van der Waals surface area contributed by atoms with Gasteiger partial charge in [-0.25, -0.2) is 0 Å². The minimum absolute atomic E-state index is 0.0325. The van der Waals surface area contributed by atoms with Crippen molar-refractivity contribution in [2.24, 2.45) is 46.3 Å². The maximum Gasteiger partial charge on any atom is 0.305 e. The van der Waals surface area contributed by atoms with Crippen LogP contribution in [0.2, 0.25) is 0 Å². The summed E-state index contributed by atoms with van der Waals surface area (Å²) >= 11 is 0. The maximum absolute atomic E-state index is 11.8. The van der Waals surface area contributed by atoms with Crippen molar-refractivity contribution in [2.45, 2.75) is 112 Å². The minimum atomic E-state index is -0.0325. The van der Waals surface area contributed by atoms with Crippen molar-refractivity contribution in [3.05, 3.63) is 23.8 Å². The van der Waals surface area contributed by atoms with E-state index in [0.717, 1.165) is 42.4 Å². The van der Waals surface area contributed by atoms with Crippen molar-refractivity contribution < 1.29 is 9.53 Å². The Kier molecular flexibility index (Phi) is 7.00. The Morgan fingerprint density at radius 1 is 1.12 bits per heavy atom. The molecule has 0 aliphatic heterocycles. The van der Waals surface area contributed by atoms with E-state index in [2.05, 4.69) is 52.8 Å². The molecular weight excluding hydrogens is 392 g/mol. The topological polar surface area (TPSA) is 26.3 Å². The molecule has 0 saturated heterocycles. The van der Waals surface area contributed by atoms with Crippen LogP contribution in [0.15, 0.2) is 23.8 Å². The first kappa shape index (κ1) is 24.1. The lowest BCUT2D eigenvalue weighted by Gasteiger charge is -2.58. The SMILES string of the molecule is CCC(=O)O[C@@H]1CC[C@@]2(C)C(=CC[C@H]3[C@@H]4CC[C@H]([C@H](C)/C=C\CC(C)C)[C@@]4(C)CC[C@@H]32)C1. The van der Waals surface area contributed by atoms with Crippen molar-refractivity contribution >= 4 is 5.97 Å². The van der Waals surface area contributed by atoms with Crippen molar-refractivity contribution in [1.82, 2.24) is 0 Å². The minimum Gasteiger partial charge on any atom is -0.462 e. The van der Waals surface area contributed by atoms with E-state index in [1.165, 1.54) is 44.9 Å². The molecule has 3 saturated carbocycles. The van der Waals surface area contributed by atoms with Gasteiger partial charge in [-0.3, -0.25) is 4.79 Å². The highest BCUT2D eigenvalue weighted by Gasteiger charge is 2.59. The zero-order valence-corrected chi connectivity index (χ0v) is 21.7. The van der Waals surface area contributed by atoms with Gasteiger partial charge in [-0.1, -0.05) is 65.3 Å². The number of allylic oxidation sites excluding steroid dienone is 3. The molecule has 0 aromatic rings. The van der Waals surface area contributed by atoms with Gasteiger partial charge in [0.15, 0.2) is 0 Å². The Morgan fingerprint density at radius 2 is 1.91 bits per heavy atom. The number of hydrogen-bond donors (Lipinski definition) is 0. The lowest BCUT2D eigenvalue weighted by Crippen LogP contribution is -2.51. The van der Waals surface area contributed by atoms with Crippen LogP contribution < -0.4 is 0 Å². The fourth-order valence-corrected chi connectivity index (χ4v) is 8.60. The molecule has 4 aliphatic carbocycles. The highest BCUT2D eigenvalue weighted by atomic mass is 16.5. The predicted molar refractivity (Wildman–Crippen MR) is 133 cm³/mol. The van der Waals surface area contributed by atoms with Crippen molar-refractivity contribution in [1.29, 1.82) is 0 Å². The third-order valence-electron chi connectivity index (χ3n) is 10.4. The largest absolute Gasteiger partial charge is 0.462 e. The van der Waals surface area contributed by atoms with Gasteiger partial charge in [0.2, 0.25) is 0 Å². The van der Waals surface area contributed by atoms with Gasteiger partial charge in [0.25, 0.3) is 0 Å². The van der Waals surface area contributed by atoms with Crippen LogP contribution in [0.3, 0.4) is 0 Å². The van der Waals surface area contributed by atoms with E-state index in [1.54, 1.807) is 5.57 Å². The van der Waals surface area contributed by atoms with E-state index in [4.69, 9.17) is 4.74 Å². The van der Waals surface area contributed by atoms with Crippen LogP contribution in [0.5, 0.6) is 0 Å². The van der Waals surface area contributed by atoms with Crippen LogP contribution in [-0.4, -0.2) is 12.1 Å². The van der Waals surface area contributed by atoms with Crippen LogP contribution >= 0.6 is 0 Å². The highest BCUT2D eigenvalue weighted by Crippen LogP contribution is 2.67. The molecule has 0 spiro atoms. The quantitative estimate of drug-likeness (QED) is 0.308. The Bertz CT molecular complexity index is 748. The molecule has 8 atom stereocenters. The van der Waals surface area contributed by atoms with Gasteiger partial charge in [0.1, 0.15) is 6.10 Å². The number of hydrogen-bond acceptors (Lipinski definition) is 2. The van der Waals surface area contributed by atoms with E-state index in [-0.39, 0.29) is 12.1 Å². The summed E-state index contributed by atoms with van der Waals surface area (Å²) in [5, 5.41) is 0.